The lowest BCUT2D eigenvalue weighted by atomic mass is 10.2. The van der Waals surface area contributed by atoms with Gasteiger partial charge in [-0.1, -0.05) is 59.0 Å². The van der Waals surface area contributed by atoms with Gasteiger partial charge in [0.05, 0.1) is 16.8 Å². The number of nitrogens with zero attached hydrogens (tertiary/aromatic N) is 3. The van der Waals surface area contributed by atoms with Gasteiger partial charge in [-0.3, -0.25) is 4.79 Å². The van der Waals surface area contributed by atoms with E-state index in [0.29, 0.717) is 21.6 Å². The monoisotopic (exact) mass is 408 g/mol. The predicted octanol–water partition coefficient (Wildman–Crippen LogP) is 3.64. The zero-order chi connectivity index (χ0) is 19.5. The standard InChI is InChI=1S/C20H16N4O2S2/c1-13-2-6-16(7-3-13)24-11-15(22-23-24)12-26-17-8-4-14(5-9-17)10-18-19(25)21-20(27)28-18/h2-11H,12H2,1H3,(H,21,25,27)/b18-10-. The van der Waals surface area contributed by atoms with Crippen LogP contribution in [0.25, 0.3) is 11.8 Å². The molecule has 1 aliphatic heterocycles. The van der Waals surface area contributed by atoms with Crippen LogP contribution in [0.5, 0.6) is 5.75 Å². The SMILES string of the molecule is Cc1ccc(-n2cc(COc3ccc(/C=C4\SC(=S)NC4=O)cc3)nn2)cc1. The van der Waals surface area contributed by atoms with Gasteiger partial charge in [-0.05, 0) is 42.8 Å². The van der Waals surface area contributed by atoms with Crippen molar-refractivity contribution in [1.29, 1.82) is 0 Å². The first-order valence-corrected chi connectivity index (χ1v) is 9.75. The van der Waals surface area contributed by atoms with Gasteiger partial charge in [-0.2, -0.15) is 0 Å². The first-order chi connectivity index (χ1) is 13.6. The van der Waals surface area contributed by atoms with Crippen LogP contribution in [0.15, 0.2) is 59.6 Å². The van der Waals surface area contributed by atoms with Crippen molar-refractivity contribution in [3.63, 3.8) is 0 Å². The van der Waals surface area contributed by atoms with E-state index in [1.807, 2.05) is 61.7 Å². The molecule has 6 nitrogen and oxygen atoms in total. The third kappa shape index (κ3) is 4.29. The maximum Gasteiger partial charge on any atom is 0.263 e. The number of rotatable bonds is 5. The molecule has 1 saturated heterocycles. The number of hydrogen-bond acceptors (Lipinski definition) is 6. The Bertz CT molecular complexity index is 1060. The molecule has 1 amide bonds. The number of benzene rings is 2. The molecule has 0 saturated carbocycles. The van der Waals surface area contributed by atoms with E-state index in [-0.39, 0.29) is 5.91 Å². The molecule has 3 aromatic rings. The molecule has 0 bridgehead atoms. The second-order valence-electron chi connectivity index (χ2n) is 6.20. The van der Waals surface area contributed by atoms with Gasteiger partial charge in [0.15, 0.2) is 0 Å². The molecule has 8 heteroatoms. The average molecular weight is 409 g/mol. The number of aryl methyl sites for hydroxylation is 1. The van der Waals surface area contributed by atoms with Crippen molar-refractivity contribution in [2.45, 2.75) is 13.5 Å². The zero-order valence-corrected chi connectivity index (χ0v) is 16.6. The molecule has 0 aliphatic carbocycles. The molecule has 28 heavy (non-hydrogen) atoms. The van der Waals surface area contributed by atoms with E-state index in [2.05, 4.69) is 15.6 Å². The Morgan fingerprint density at radius 3 is 2.61 bits per heavy atom. The Kier molecular flexibility index (Phi) is 5.23. The highest BCUT2D eigenvalue weighted by Gasteiger charge is 2.21. The normalized spacial score (nSPS) is 15.1. The highest BCUT2D eigenvalue weighted by Crippen LogP contribution is 2.26. The van der Waals surface area contributed by atoms with E-state index in [4.69, 9.17) is 17.0 Å². The van der Waals surface area contributed by atoms with E-state index >= 15 is 0 Å². The molecule has 1 aromatic heterocycles. The smallest absolute Gasteiger partial charge is 0.263 e. The molecule has 2 aromatic carbocycles. The van der Waals surface area contributed by atoms with Crippen molar-refractivity contribution in [2.24, 2.45) is 0 Å². The molecular weight excluding hydrogens is 392 g/mol. The van der Waals surface area contributed by atoms with E-state index in [1.165, 1.54) is 17.3 Å². The number of ether oxygens (including phenoxy) is 1. The first kappa shape index (κ1) is 18.4. The van der Waals surface area contributed by atoms with E-state index < -0.39 is 0 Å². The van der Waals surface area contributed by atoms with Gasteiger partial charge >= 0.3 is 0 Å². The van der Waals surface area contributed by atoms with E-state index in [0.717, 1.165) is 16.9 Å². The van der Waals surface area contributed by atoms with Crippen molar-refractivity contribution in [1.82, 2.24) is 20.3 Å². The molecule has 4 rings (SSSR count). The van der Waals surface area contributed by atoms with Crippen molar-refractivity contribution >= 4 is 40.3 Å². The number of nitrogens with one attached hydrogen (secondary N) is 1. The second kappa shape index (κ2) is 7.95. The zero-order valence-electron chi connectivity index (χ0n) is 15.0. The molecule has 0 atom stereocenters. The number of aromatic nitrogens is 3. The lowest BCUT2D eigenvalue weighted by Gasteiger charge is -2.04. The van der Waals surface area contributed by atoms with Gasteiger partial charge in [-0.25, -0.2) is 4.68 Å². The fourth-order valence-electron chi connectivity index (χ4n) is 2.58. The molecule has 1 N–H and O–H groups in total. The Morgan fingerprint density at radius 2 is 1.93 bits per heavy atom. The van der Waals surface area contributed by atoms with Gasteiger partial charge in [0.2, 0.25) is 0 Å². The van der Waals surface area contributed by atoms with Crippen molar-refractivity contribution in [2.75, 3.05) is 0 Å². The Hall–Kier alpha value is -2.97. The summed E-state index contributed by atoms with van der Waals surface area (Å²) in [5.41, 5.74) is 3.79. The number of thiocarbonyl (C=S) groups is 1. The van der Waals surface area contributed by atoms with Crippen LogP contribution in [-0.4, -0.2) is 25.2 Å². The maximum atomic E-state index is 11.7. The summed E-state index contributed by atoms with van der Waals surface area (Å²) in [5.74, 6) is 0.554. The van der Waals surface area contributed by atoms with Crippen LogP contribution in [-0.2, 0) is 11.4 Å². The third-order valence-corrected chi connectivity index (χ3v) is 5.21. The predicted molar refractivity (Wildman–Crippen MR) is 113 cm³/mol. The fraction of sp³-hybridized carbons (Fsp3) is 0.100. The summed E-state index contributed by atoms with van der Waals surface area (Å²) in [4.78, 5) is 12.3. The van der Waals surface area contributed by atoms with Gasteiger partial charge < -0.3 is 10.1 Å². The number of carbonyl (C=O) groups excluding carboxylic acids is 1. The van der Waals surface area contributed by atoms with Crippen LogP contribution < -0.4 is 10.1 Å². The minimum Gasteiger partial charge on any atom is -0.487 e. The number of hydrogen-bond donors (Lipinski definition) is 1. The number of thioether (sulfide) groups is 1. The fourth-order valence-corrected chi connectivity index (χ4v) is 3.62. The molecule has 0 spiro atoms. The first-order valence-electron chi connectivity index (χ1n) is 8.53. The minimum atomic E-state index is -0.160. The molecule has 1 fully saturated rings. The Morgan fingerprint density at radius 1 is 1.18 bits per heavy atom. The summed E-state index contributed by atoms with van der Waals surface area (Å²) >= 11 is 6.25. The van der Waals surface area contributed by atoms with Crippen LogP contribution >= 0.6 is 24.0 Å². The van der Waals surface area contributed by atoms with Crippen molar-refractivity contribution < 1.29 is 9.53 Å². The quantitative estimate of drug-likeness (QED) is 0.513. The number of amides is 1. The van der Waals surface area contributed by atoms with Crippen molar-refractivity contribution in [3.05, 3.63) is 76.5 Å². The van der Waals surface area contributed by atoms with E-state index in [9.17, 15) is 4.79 Å². The molecule has 140 valence electrons. The average Bonchev–Trinajstić information content (AvgIpc) is 3.28. The summed E-state index contributed by atoms with van der Waals surface area (Å²) in [6.07, 6.45) is 3.65. The highest BCUT2D eigenvalue weighted by atomic mass is 32.2. The summed E-state index contributed by atoms with van der Waals surface area (Å²) < 4.78 is 7.99. The Labute approximate surface area is 171 Å². The molecular formula is C20H16N4O2S2. The van der Waals surface area contributed by atoms with Crippen LogP contribution in [0.4, 0.5) is 0 Å². The van der Waals surface area contributed by atoms with Crippen LogP contribution in [0, 0.1) is 6.92 Å². The summed E-state index contributed by atoms with van der Waals surface area (Å²) in [6, 6.07) is 15.5. The van der Waals surface area contributed by atoms with Gasteiger partial charge in [0.25, 0.3) is 5.91 Å². The van der Waals surface area contributed by atoms with Crippen LogP contribution in [0.1, 0.15) is 16.8 Å². The topological polar surface area (TPSA) is 69.0 Å². The number of carbonyl (C=O) groups is 1. The maximum absolute atomic E-state index is 11.7. The second-order valence-corrected chi connectivity index (χ2v) is 7.92. The van der Waals surface area contributed by atoms with Crippen LogP contribution in [0.2, 0.25) is 0 Å². The van der Waals surface area contributed by atoms with Gasteiger partial charge in [0.1, 0.15) is 22.4 Å². The lowest BCUT2D eigenvalue weighted by molar-refractivity contribution is -0.115. The minimum absolute atomic E-state index is 0.160. The summed E-state index contributed by atoms with van der Waals surface area (Å²) in [6.45, 7) is 2.36. The summed E-state index contributed by atoms with van der Waals surface area (Å²) in [7, 11) is 0. The van der Waals surface area contributed by atoms with Gasteiger partial charge in [0, 0.05) is 0 Å². The van der Waals surface area contributed by atoms with Crippen molar-refractivity contribution in [3.8, 4) is 11.4 Å². The van der Waals surface area contributed by atoms with E-state index in [1.54, 1.807) is 10.8 Å². The molecule has 0 unspecified atom stereocenters. The summed E-state index contributed by atoms with van der Waals surface area (Å²) in [5, 5.41) is 10.9. The lowest BCUT2D eigenvalue weighted by Crippen LogP contribution is -2.17. The third-order valence-electron chi connectivity index (χ3n) is 4.05. The molecule has 1 aliphatic rings. The highest BCUT2D eigenvalue weighted by molar-refractivity contribution is 8.26. The largest absolute Gasteiger partial charge is 0.487 e. The molecule has 0 radical (unpaired) electrons. The van der Waals surface area contributed by atoms with Gasteiger partial charge in [-0.15, -0.1) is 5.10 Å². The Balaban J connectivity index is 1.38. The molecule has 2 heterocycles. The van der Waals surface area contributed by atoms with Crippen LogP contribution in [0.3, 0.4) is 0 Å².